The summed E-state index contributed by atoms with van der Waals surface area (Å²) in [6.07, 6.45) is -1.10. The molecule has 5 rings (SSSR count). The molecule has 2 aliphatic rings. The van der Waals surface area contributed by atoms with Gasteiger partial charge < -0.3 is 4.74 Å². The lowest BCUT2D eigenvalue weighted by molar-refractivity contribution is -0.0745. The van der Waals surface area contributed by atoms with Crippen LogP contribution in [-0.2, 0) is 9.57 Å². The minimum absolute atomic E-state index is 0.0377. The van der Waals surface area contributed by atoms with Gasteiger partial charge in [-0.1, -0.05) is 65.7 Å². The van der Waals surface area contributed by atoms with E-state index < -0.39 is 18.0 Å². The van der Waals surface area contributed by atoms with Crippen LogP contribution in [0.25, 0.3) is 11.1 Å². The van der Waals surface area contributed by atoms with E-state index >= 15 is 0 Å². The van der Waals surface area contributed by atoms with Gasteiger partial charge in [-0.15, -0.1) is 0 Å². The monoisotopic (exact) mass is 385 g/mol. The largest absolute Gasteiger partial charge is 0.534 e. The lowest BCUT2D eigenvalue weighted by Crippen LogP contribution is -2.33. The number of hydrogen-bond acceptors (Lipinski definition) is 5. The van der Waals surface area contributed by atoms with E-state index in [0.29, 0.717) is 5.06 Å². The van der Waals surface area contributed by atoms with Gasteiger partial charge in [0.2, 0.25) is 0 Å². The number of hydroxylamine groups is 2. The fourth-order valence-electron chi connectivity index (χ4n) is 3.94. The average molecular weight is 385 g/mol. The van der Waals surface area contributed by atoms with E-state index in [-0.39, 0.29) is 23.7 Å². The molecule has 6 heteroatoms. The van der Waals surface area contributed by atoms with Crippen molar-refractivity contribution in [3.63, 3.8) is 0 Å². The van der Waals surface area contributed by atoms with Gasteiger partial charge in [0, 0.05) is 5.92 Å². The van der Waals surface area contributed by atoms with Crippen molar-refractivity contribution in [3.8, 4) is 11.1 Å². The lowest BCUT2D eigenvalue weighted by Gasteiger charge is -2.16. The summed E-state index contributed by atoms with van der Waals surface area (Å²) in [5, 5.41) is 0.448. The maximum Gasteiger partial charge on any atom is 0.534 e. The minimum Gasteiger partial charge on any atom is -0.432 e. The Kier molecular flexibility index (Phi) is 3.91. The Labute approximate surface area is 166 Å². The van der Waals surface area contributed by atoms with Gasteiger partial charge in [-0.3, -0.25) is 14.4 Å². The van der Waals surface area contributed by atoms with Crippen molar-refractivity contribution in [3.05, 3.63) is 95.1 Å². The average Bonchev–Trinajstić information content (AvgIpc) is 3.20. The van der Waals surface area contributed by atoms with Crippen molar-refractivity contribution < 1.29 is 24.0 Å². The highest BCUT2D eigenvalue weighted by Crippen LogP contribution is 2.44. The van der Waals surface area contributed by atoms with Crippen LogP contribution in [0, 0.1) is 0 Å². The van der Waals surface area contributed by atoms with Gasteiger partial charge >= 0.3 is 6.16 Å². The fraction of sp³-hybridized carbons (Fsp3) is 0.0870. The zero-order valence-corrected chi connectivity index (χ0v) is 15.2. The Hall–Kier alpha value is -3.93. The van der Waals surface area contributed by atoms with Crippen LogP contribution in [0.2, 0.25) is 0 Å². The lowest BCUT2D eigenvalue weighted by atomic mass is 9.98. The van der Waals surface area contributed by atoms with Gasteiger partial charge in [0.05, 0.1) is 11.1 Å². The number of nitrogens with zero attached hydrogens (tertiary/aromatic N) is 1. The third kappa shape index (κ3) is 2.69. The number of ether oxygens (including phenoxy) is 1. The Balaban J connectivity index is 1.31. The van der Waals surface area contributed by atoms with Crippen molar-refractivity contribution >= 4 is 18.0 Å². The summed E-state index contributed by atoms with van der Waals surface area (Å²) in [5.41, 5.74) is 4.72. The summed E-state index contributed by atoms with van der Waals surface area (Å²) in [6.45, 7) is 0.0377. The molecule has 0 fully saturated rings. The highest BCUT2D eigenvalue weighted by atomic mass is 16.8. The molecular weight excluding hydrogens is 370 g/mol. The molecule has 0 saturated carbocycles. The van der Waals surface area contributed by atoms with Crippen molar-refractivity contribution in [1.82, 2.24) is 5.06 Å². The molecule has 0 bridgehead atoms. The van der Waals surface area contributed by atoms with Gasteiger partial charge in [-0.05, 0) is 34.4 Å². The van der Waals surface area contributed by atoms with Crippen LogP contribution < -0.4 is 0 Å². The summed E-state index contributed by atoms with van der Waals surface area (Å²) in [5.74, 6) is -1.50. The summed E-state index contributed by atoms with van der Waals surface area (Å²) in [4.78, 5) is 41.8. The summed E-state index contributed by atoms with van der Waals surface area (Å²) in [7, 11) is 0. The maximum atomic E-state index is 12.3. The molecule has 1 aliphatic carbocycles. The number of carbonyl (C=O) groups excluding carboxylic acids is 3. The first-order valence-corrected chi connectivity index (χ1v) is 9.16. The second-order valence-corrected chi connectivity index (χ2v) is 6.83. The van der Waals surface area contributed by atoms with Crippen LogP contribution in [0.4, 0.5) is 4.79 Å². The molecule has 0 aromatic heterocycles. The molecule has 1 heterocycles. The predicted molar refractivity (Wildman–Crippen MR) is 103 cm³/mol. The number of imide groups is 1. The summed E-state index contributed by atoms with van der Waals surface area (Å²) in [6, 6.07) is 22.2. The Bertz CT molecular complexity index is 1090. The molecule has 6 nitrogen and oxygen atoms in total. The number of benzene rings is 3. The van der Waals surface area contributed by atoms with E-state index in [1.165, 1.54) is 12.1 Å². The molecule has 29 heavy (non-hydrogen) atoms. The Morgan fingerprint density at radius 1 is 0.724 bits per heavy atom. The molecule has 0 N–H and O–H groups in total. The summed E-state index contributed by atoms with van der Waals surface area (Å²) >= 11 is 0. The van der Waals surface area contributed by atoms with Gasteiger partial charge in [0.1, 0.15) is 6.61 Å². The molecule has 0 spiro atoms. The van der Waals surface area contributed by atoms with E-state index in [1.807, 2.05) is 48.5 Å². The molecule has 3 aromatic rings. The molecule has 0 radical (unpaired) electrons. The molecule has 3 aromatic carbocycles. The van der Waals surface area contributed by atoms with Crippen LogP contribution in [-0.4, -0.2) is 29.6 Å². The van der Waals surface area contributed by atoms with Crippen LogP contribution in [0.1, 0.15) is 37.8 Å². The van der Waals surface area contributed by atoms with Gasteiger partial charge in [0.25, 0.3) is 11.8 Å². The highest BCUT2D eigenvalue weighted by Gasteiger charge is 2.39. The van der Waals surface area contributed by atoms with Crippen molar-refractivity contribution in [2.24, 2.45) is 0 Å². The van der Waals surface area contributed by atoms with Crippen LogP contribution in [0.5, 0.6) is 0 Å². The Morgan fingerprint density at radius 3 is 1.69 bits per heavy atom. The van der Waals surface area contributed by atoms with Crippen molar-refractivity contribution in [2.75, 3.05) is 6.61 Å². The smallest absolute Gasteiger partial charge is 0.432 e. The predicted octanol–water partition coefficient (Wildman–Crippen LogP) is 4.16. The molecular formula is C23H15NO5. The van der Waals surface area contributed by atoms with Crippen LogP contribution >= 0.6 is 0 Å². The minimum atomic E-state index is -1.10. The molecule has 0 unspecified atom stereocenters. The SMILES string of the molecule is O=C(OCC1c2ccccc2-c2ccccc21)ON1C(=O)c2ccccc2C1=O. The Morgan fingerprint density at radius 2 is 1.17 bits per heavy atom. The fourth-order valence-corrected chi connectivity index (χ4v) is 3.94. The molecule has 2 amide bonds. The van der Waals surface area contributed by atoms with E-state index in [9.17, 15) is 14.4 Å². The van der Waals surface area contributed by atoms with Crippen LogP contribution in [0.3, 0.4) is 0 Å². The first-order valence-electron chi connectivity index (χ1n) is 9.16. The zero-order chi connectivity index (χ0) is 20.0. The van der Waals surface area contributed by atoms with E-state index in [2.05, 4.69) is 0 Å². The molecule has 142 valence electrons. The number of rotatable bonds is 3. The van der Waals surface area contributed by atoms with Crippen molar-refractivity contribution in [1.29, 1.82) is 0 Å². The number of carbonyl (C=O) groups is 3. The topological polar surface area (TPSA) is 72.9 Å². The third-order valence-corrected chi connectivity index (χ3v) is 5.25. The van der Waals surface area contributed by atoms with Gasteiger partial charge in [-0.2, -0.15) is 0 Å². The second-order valence-electron chi connectivity index (χ2n) is 6.83. The van der Waals surface area contributed by atoms with E-state index in [4.69, 9.17) is 9.57 Å². The normalized spacial score (nSPS) is 14.4. The molecule has 0 atom stereocenters. The van der Waals surface area contributed by atoms with E-state index in [0.717, 1.165) is 22.3 Å². The number of hydrogen-bond donors (Lipinski definition) is 0. The summed E-state index contributed by atoms with van der Waals surface area (Å²) < 4.78 is 5.29. The maximum absolute atomic E-state index is 12.3. The molecule has 0 saturated heterocycles. The standard InChI is InChI=1S/C23H15NO5/c25-21-18-11-5-6-12-19(18)22(26)24(21)29-23(27)28-13-20-16-9-3-1-7-14(16)15-8-2-4-10-17(15)20/h1-12,20H,13H2. The highest BCUT2D eigenvalue weighted by molar-refractivity contribution is 6.20. The van der Waals surface area contributed by atoms with Crippen molar-refractivity contribution in [2.45, 2.75) is 5.92 Å². The first-order chi connectivity index (χ1) is 14.1. The third-order valence-electron chi connectivity index (χ3n) is 5.25. The van der Waals surface area contributed by atoms with Crippen LogP contribution in [0.15, 0.2) is 72.8 Å². The number of fused-ring (bicyclic) bond motifs is 4. The molecule has 1 aliphatic heterocycles. The first kappa shape index (κ1) is 17.2. The van der Waals surface area contributed by atoms with Gasteiger partial charge in [0.15, 0.2) is 0 Å². The van der Waals surface area contributed by atoms with E-state index in [1.54, 1.807) is 12.1 Å². The zero-order valence-electron chi connectivity index (χ0n) is 15.2. The quantitative estimate of drug-likeness (QED) is 0.500. The number of amides is 2. The second kappa shape index (κ2) is 6.60. The van der Waals surface area contributed by atoms with Gasteiger partial charge in [-0.25, -0.2) is 4.79 Å².